The molecule has 0 aliphatic heterocycles. The number of aliphatic hydroxyl groups excluding tert-OH is 2. The van der Waals surface area contributed by atoms with Gasteiger partial charge in [-0.3, -0.25) is 4.90 Å². The van der Waals surface area contributed by atoms with Crippen LogP contribution in [0.15, 0.2) is 54.6 Å². The Morgan fingerprint density at radius 3 is 1.80 bits per heavy atom. The minimum Gasteiger partial charge on any atom is -0.395 e. The molecule has 0 saturated carbocycles. The maximum atomic E-state index is 9.17. The van der Waals surface area contributed by atoms with Crippen molar-refractivity contribution >= 4 is 5.57 Å². The maximum absolute atomic E-state index is 9.17. The molecule has 2 N–H and O–H groups in total. The summed E-state index contributed by atoms with van der Waals surface area (Å²) in [6.45, 7) is 2.31. The molecule has 0 heterocycles. The van der Waals surface area contributed by atoms with Crippen LogP contribution in [0.1, 0.15) is 28.7 Å². The van der Waals surface area contributed by atoms with Crippen LogP contribution in [0, 0.1) is 0 Å². The standard InChI is InChI=1S/C22H27NO2/c24-16-14-23(15-17-25)13-5-10-22-20-8-3-1-6-18(20)11-12-19-7-2-4-9-21(19)22/h1-4,6-10,24-25H,5,11-17H2. The van der Waals surface area contributed by atoms with Gasteiger partial charge < -0.3 is 10.2 Å². The third-order valence-corrected chi connectivity index (χ3v) is 4.90. The second kappa shape index (κ2) is 8.95. The van der Waals surface area contributed by atoms with Crippen LogP contribution in [0.4, 0.5) is 0 Å². The topological polar surface area (TPSA) is 43.7 Å². The highest BCUT2D eigenvalue weighted by molar-refractivity contribution is 5.83. The minimum atomic E-state index is 0.127. The highest BCUT2D eigenvalue weighted by Gasteiger charge is 2.17. The van der Waals surface area contributed by atoms with Crippen molar-refractivity contribution in [2.24, 2.45) is 0 Å². The van der Waals surface area contributed by atoms with E-state index >= 15 is 0 Å². The molecule has 3 nitrogen and oxygen atoms in total. The number of hydrogen-bond donors (Lipinski definition) is 2. The molecule has 0 bridgehead atoms. The number of fused-ring (bicyclic) bond motifs is 2. The average Bonchev–Trinajstić information content (AvgIpc) is 2.80. The SMILES string of the molecule is OCCN(CCO)CCC=C1c2ccccc2CCc2ccccc21. The van der Waals surface area contributed by atoms with Crippen molar-refractivity contribution in [2.45, 2.75) is 19.3 Å². The Labute approximate surface area is 150 Å². The Hall–Kier alpha value is -1.94. The molecule has 3 rings (SSSR count). The summed E-state index contributed by atoms with van der Waals surface area (Å²) >= 11 is 0. The molecule has 0 spiro atoms. The van der Waals surface area contributed by atoms with Gasteiger partial charge in [-0.05, 0) is 47.1 Å². The van der Waals surface area contributed by atoms with Crippen molar-refractivity contribution in [3.63, 3.8) is 0 Å². The van der Waals surface area contributed by atoms with Crippen LogP contribution in [-0.2, 0) is 12.8 Å². The van der Waals surface area contributed by atoms with Gasteiger partial charge in [-0.15, -0.1) is 0 Å². The summed E-state index contributed by atoms with van der Waals surface area (Å²) in [6.07, 6.45) is 5.38. The van der Waals surface area contributed by atoms with E-state index in [0.29, 0.717) is 13.1 Å². The summed E-state index contributed by atoms with van der Waals surface area (Å²) in [5.41, 5.74) is 6.81. The highest BCUT2D eigenvalue weighted by Crippen LogP contribution is 2.33. The normalized spacial score (nSPS) is 13.3. The molecule has 1 aliphatic carbocycles. The molecule has 0 aromatic heterocycles. The summed E-state index contributed by atoms with van der Waals surface area (Å²) in [5, 5.41) is 18.3. The van der Waals surface area contributed by atoms with Gasteiger partial charge in [-0.2, -0.15) is 0 Å². The number of nitrogens with zero attached hydrogens (tertiary/aromatic N) is 1. The summed E-state index contributed by atoms with van der Waals surface area (Å²) in [5.74, 6) is 0. The molecule has 0 radical (unpaired) electrons. The smallest absolute Gasteiger partial charge is 0.0558 e. The summed E-state index contributed by atoms with van der Waals surface area (Å²) in [4.78, 5) is 2.10. The number of rotatable bonds is 7. The molecule has 0 unspecified atom stereocenters. The first kappa shape index (κ1) is 17.9. The maximum Gasteiger partial charge on any atom is 0.0558 e. The van der Waals surface area contributed by atoms with Crippen LogP contribution < -0.4 is 0 Å². The molecular formula is C22H27NO2. The van der Waals surface area contributed by atoms with Crippen molar-refractivity contribution in [1.29, 1.82) is 0 Å². The lowest BCUT2D eigenvalue weighted by Crippen LogP contribution is -2.30. The van der Waals surface area contributed by atoms with Crippen molar-refractivity contribution in [3.05, 3.63) is 76.9 Å². The van der Waals surface area contributed by atoms with E-state index in [9.17, 15) is 10.2 Å². The largest absolute Gasteiger partial charge is 0.395 e. The lowest BCUT2D eigenvalue weighted by Gasteiger charge is -2.19. The molecule has 0 amide bonds. The fourth-order valence-corrected chi connectivity index (χ4v) is 3.65. The van der Waals surface area contributed by atoms with E-state index in [1.165, 1.54) is 27.8 Å². The van der Waals surface area contributed by atoms with E-state index in [2.05, 4.69) is 59.5 Å². The van der Waals surface area contributed by atoms with Crippen LogP contribution in [0.3, 0.4) is 0 Å². The van der Waals surface area contributed by atoms with Crippen molar-refractivity contribution in [2.75, 3.05) is 32.8 Å². The van der Waals surface area contributed by atoms with Gasteiger partial charge in [-0.1, -0.05) is 54.6 Å². The molecular weight excluding hydrogens is 310 g/mol. The van der Waals surface area contributed by atoms with Gasteiger partial charge in [0.15, 0.2) is 0 Å². The van der Waals surface area contributed by atoms with Crippen LogP contribution in [-0.4, -0.2) is 48.0 Å². The highest BCUT2D eigenvalue weighted by atomic mass is 16.3. The second-order valence-corrected chi connectivity index (χ2v) is 6.51. The van der Waals surface area contributed by atoms with Crippen molar-refractivity contribution in [1.82, 2.24) is 4.90 Å². The zero-order valence-electron chi connectivity index (χ0n) is 14.7. The molecule has 25 heavy (non-hydrogen) atoms. The predicted octanol–water partition coefficient (Wildman–Crippen LogP) is 2.89. The van der Waals surface area contributed by atoms with Gasteiger partial charge in [0.05, 0.1) is 13.2 Å². The molecule has 3 heteroatoms. The predicted molar refractivity (Wildman–Crippen MR) is 103 cm³/mol. The molecule has 132 valence electrons. The number of hydrogen-bond acceptors (Lipinski definition) is 3. The van der Waals surface area contributed by atoms with Gasteiger partial charge in [0.1, 0.15) is 0 Å². The van der Waals surface area contributed by atoms with Gasteiger partial charge in [0.2, 0.25) is 0 Å². The van der Waals surface area contributed by atoms with Gasteiger partial charge >= 0.3 is 0 Å². The lowest BCUT2D eigenvalue weighted by atomic mass is 9.93. The van der Waals surface area contributed by atoms with Gasteiger partial charge in [-0.25, -0.2) is 0 Å². The van der Waals surface area contributed by atoms with Crippen molar-refractivity contribution in [3.8, 4) is 0 Å². The Morgan fingerprint density at radius 2 is 1.28 bits per heavy atom. The monoisotopic (exact) mass is 337 g/mol. The van der Waals surface area contributed by atoms with Crippen LogP contribution in [0.25, 0.3) is 5.57 Å². The molecule has 2 aromatic carbocycles. The zero-order valence-corrected chi connectivity index (χ0v) is 14.7. The first-order chi connectivity index (χ1) is 12.3. The number of aliphatic hydroxyl groups is 2. The molecule has 2 aromatic rings. The minimum absolute atomic E-state index is 0.127. The molecule has 0 saturated heterocycles. The second-order valence-electron chi connectivity index (χ2n) is 6.51. The summed E-state index contributed by atoms with van der Waals surface area (Å²) in [7, 11) is 0. The first-order valence-corrected chi connectivity index (χ1v) is 9.14. The van der Waals surface area contributed by atoms with Crippen molar-refractivity contribution < 1.29 is 10.2 Å². The van der Waals surface area contributed by atoms with Crippen LogP contribution in [0.2, 0.25) is 0 Å². The van der Waals surface area contributed by atoms with E-state index in [4.69, 9.17) is 0 Å². The Bertz CT molecular complexity index is 668. The van der Waals surface area contributed by atoms with Crippen LogP contribution in [0.5, 0.6) is 0 Å². The average molecular weight is 337 g/mol. The molecule has 0 fully saturated rings. The Morgan fingerprint density at radius 1 is 0.760 bits per heavy atom. The van der Waals surface area contributed by atoms with Crippen LogP contribution >= 0.6 is 0 Å². The third-order valence-electron chi connectivity index (χ3n) is 4.90. The lowest BCUT2D eigenvalue weighted by molar-refractivity contribution is 0.163. The first-order valence-electron chi connectivity index (χ1n) is 9.14. The molecule has 1 aliphatic rings. The van der Waals surface area contributed by atoms with E-state index in [1.807, 2.05) is 0 Å². The summed E-state index contributed by atoms with van der Waals surface area (Å²) in [6, 6.07) is 17.4. The van der Waals surface area contributed by atoms with Gasteiger partial charge in [0, 0.05) is 19.6 Å². The summed E-state index contributed by atoms with van der Waals surface area (Å²) < 4.78 is 0. The Balaban J connectivity index is 1.88. The molecule has 0 atom stereocenters. The third kappa shape index (κ3) is 4.37. The quantitative estimate of drug-likeness (QED) is 0.816. The van der Waals surface area contributed by atoms with E-state index in [-0.39, 0.29) is 13.2 Å². The van der Waals surface area contributed by atoms with E-state index in [1.54, 1.807) is 0 Å². The fourth-order valence-electron chi connectivity index (χ4n) is 3.65. The van der Waals surface area contributed by atoms with E-state index in [0.717, 1.165) is 25.8 Å². The fraction of sp³-hybridized carbons (Fsp3) is 0.364. The van der Waals surface area contributed by atoms with Gasteiger partial charge in [0.25, 0.3) is 0 Å². The van der Waals surface area contributed by atoms with E-state index < -0.39 is 0 Å². The zero-order chi connectivity index (χ0) is 17.5. The number of benzene rings is 2. The Kier molecular flexibility index (Phi) is 6.40. The number of aryl methyl sites for hydroxylation is 2.